The van der Waals surface area contributed by atoms with Gasteiger partial charge in [0, 0.05) is 12.0 Å². The molecule has 1 N–H and O–H groups in total. The first-order valence-electron chi connectivity index (χ1n) is 6.30. The number of hydrogen-bond acceptors (Lipinski definition) is 2. The van der Waals surface area contributed by atoms with Crippen LogP contribution in [-0.2, 0) is 6.42 Å². The highest BCUT2D eigenvalue weighted by atomic mass is 19.2. The highest BCUT2D eigenvalue weighted by Crippen LogP contribution is 2.28. The molecule has 0 spiro atoms. The number of carbonyl (C=O) groups excluding carboxylic acids is 2. The maximum atomic E-state index is 13.7. The molecular formula is C15H6F5NO2. The second-order valence-electron chi connectivity index (χ2n) is 4.85. The lowest BCUT2D eigenvalue weighted by atomic mass is 9.96. The van der Waals surface area contributed by atoms with Crippen molar-refractivity contribution < 1.29 is 31.5 Å². The second-order valence-corrected chi connectivity index (χ2v) is 4.85. The minimum absolute atomic E-state index is 0.0172. The van der Waals surface area contributed by atoms with Gasteiger partial charge in [-0.2, -0.15) is 0 Å². The van der Waals surface area contributed by atoms with Crippen molar-refractivity contribution in [2.45, 2.75) is 6.42 Å². The molecule has 2 aromatic rings. The smallest absolute Gasteiger partial charge is 0.259 e. The summed E-state index contributed by atoms with van der Waals surface area (Å²) in [6, 6.07) is 3.94. The van der Waals surface area contributed by atoms with Gasteiger partial charge in [-0.25, -0.2) is 22.0 Å². The van der Waals surface area contributed by atoms with E-state index in [1.165, 1.54) is 18.2 Å². The minimum atomic E-state index is -2.25. The Morgan fingerprint density at radius 3 is 1.96 bits per heavy atom. The summed E-state index contributed by atoms with van der Waals surface area (Å²) in [5.41, 5.74) is -1.24. The van der Waals surface area contributed by atoms with Crippen LogP contribution in [0.1, 0.15) is 31.8 Å². The predicted molar refractivity (Wildman–Crippen MR) is 67.3 cm³/mol. The first-order chi connectivity index (χ1) is 10.8. The lowest BCUT2D eigenvalue weighted by Crippen LogP contribution is -2.20. The number of benzene rings is 2. The van der Waals surface area contributed by atoms with Crippen molar-refractivity contribution in [2.24, 2.45) is 0 Å². The van der Waals surface area contributed by atoms with Crippen LogP contribution in [0.4, 0.5) is 22.0 Å². The van der Waals surface area contributed by atoms with Crippen LogP contribution in [0, 0.1) is 29.1 Å². The average Bonchev–Trinajstić information content (AvgIpc) is 2.83. The van der Waals surface area contributed by atoms with E-state index in [4.69, 9.17) is 0 Å². The zero-order valence-corrected chi connectivity index (χ0v) is 11.1. The van der Waals surface area contributed by atoms with E-state index in [1.807, 2.05) is 5.32 Å². The number of imide groups is 1. The fourth-order valence-corrected chi connectivity index (χ4v) is 2.43. The number of fused-ring (bicyclic) bond motifs is 1. The number of hydrogen-bond donors (Lipinski definition) is 1. The van der Waals surface area contributed by atoms with Crippen molar-refractivity contribution in [1.82, 2.24) is 5.32 Å². The summed E-state index contributed by atoms with van der Waals surface area (Å²) in [6.45, 7) is 0. The molecule has 0 aromatic heterocycles. The van der Waals surface area contributed by atoms with E-state index >= 15 is 0 Å². The quantitative estimate of drug-likeness (QED) is 0.399. The Balaban J connectivity index is 2.16. The zero-order chi connectivity index (χ0) is 16.9. The van der Waals surface area contributed by atoms with E-state index in [1.54, 1.807) is 0 Å². The molecule has 1 heterocycles. The normalized spacial score (nSPS) is 13.3. The van der Waals surface area contributed by atoms with Gasteiger partial charge in [0.2, 0.25) is 5.82 Å². The largest absolute Gasteiger partial charge is 0.288 e. The molecule has 0 saturated heterocycles. The molecule has 3 nitrogen and oxygen atoms in total. The summed E-state index contributed by atoms with van der Waals surface area (Å²) in [7, 11) is 0. The Hall–Kier alpha value is -2.77. The topological polar surface area (TPSA) is 46.2 Å². The predicted octanol–water partition coefficient (Wildman–Crippen LogP) is 2.86. The van der Waals surface area contributed by atoms with Gasteiger partial charge >= 0.3 is 0 Å². The molecule has 2 aromatic carbocycles. The van der Waals surface area contributed by atoms with Crippen LogP contribution in [0.15, 0.2) is 18.2 Å². The van der Waals surface area contributed by atoms with E-state index in [2.05, 4.69) is 0 Å². The van der Waals surface area contributed by atoms with Gasteiger partial charge in [0.25, 0.3) is 11.8 Å². The van der Waals surface area contributed by atoms with E-state index < -0.39 is 52.9 Å². The maximum absolute atomic E-state index is 13.7. The van der Waals surface area contributed by atoms with Gasteiger partial charge in [-0.15, -0.1) is 0 Å². The third kappa shape index (κ3) is 2.18. The fourth-order valence-electron chi connectivity index (χ4n) is 2.43. The van der Waals surface area contributed by atoms with Crippen LogP contribution in [-0.4, -0.2) is 11.8 Å². The number of carbonyl (C=O) groups is 2. The Bertz CT molecular complexity index is 850. The summed E-state index contributed by atoms with van der Waals surface area (Å²) in [4.78, 5) is 23.2. The first-order valence-corrected chi connectivity index (χ1v) is 6.30. The summed E-state index contributed by atoms with van der Waals surface area (Å²) >= 11 is 0. The van der Waals surface area contributed by atoms with E-state index in [9.17, 15) is 31.5 Å². The summed E-state index contributed by atoms with van der Waals surface area (Å²) in [6.07, 6.45) is -0.727. The second kappa shape index (κ2) is 5.15. The third-order valence-electron chi connectivity index (χ3n) is 3.52. The molecule has 23 heavy (non-hydrogen) atoms. The molecule has 0 fully saturated rings. The van der Waals surface area contributed by atoms with Crippen LogP contribution >= 0.6 is 0 Å². The number of nitrogens with one attached hydrogen (secondary N) is 1. The molecule has 1 aliphatic heterocycles. The lowest BCUT2D eigenvalue weighted by molar-refractivity contribution is 0.0879. The van der Waals surface area contributed by atoms with Gasteiger partial charge in [-0.3, -0.25) is 14.9 Å². The summed E-state index contributed by atoms with van der Waals surface area (Å²) in [5, 5.41) is 2.00. The van der Waals surface area contributed by atoms with E-state index in [0.29, 0.717) is 0 Å². The Kier molecular flexibility index (Phi) is 3.39. The maximum Gasteiger partial charge on any atom is 0.259 e. The van der Waals surface area contributed by atoms with Crippen LogP contribution in [0.2, 0.25) is 0 Å². The molecule has 1 aliphatic rings. The zero-order valence-electron chi connectivity index (χ0n) is 11.1. The van der Waals surface area contributed by atoms with Crippen molar-refractivity contribution in [3.05, 3.63) is 69.5 Å². The van der Waals surface area contributed by atoms with Crippen LogP contribution in [0.25, 0.3) is 0 Å². The SMILES string of the molecule is O=C1NC(=O)c2c(Cc3c(F)c(F)c(F)c(F)c3F)cccc21. The summed E-state index contributed by atoms with van der Waals surface area (Å²) < 4.78 is 66.9. The van der Waals surface area contributed by atoms with Gasteiger partial charge in [-0.05, 0) is 11.6 Å². The lowest BCUT2D eigenvalue weighted by Gasteiger charge is -2.10. The first kappa shape index (κ1) is 15.1. The molecule has 2 amide bonds. The Morgan fingerprint density at radius 2 is 1.35 bits per heavy atom. The fraction of sp³-hybridized carbons (Fsp3) is 0.0667. The highest BCUT2D eigenvalue weighted by Gasteiger charge is 2.31. The van der Waals surface area contributed by atoms with Gasteiger partial charge in [-0.1, -0.05) is 12.1 Å². The molecule has 0 radical (unpaired) electrons. The van der Waals surface area contributed by atoms with Crippen LogP contribution < -0.4 is 5.32 Å². The average molecular weight is 327 g/mol. The van der Waals surface area contributed by atoms with Crippen LogP contribution in [0.5, 0.6) is 0 Å². The molecule has 0 atom stereocenters. The molecule has 0 unspecified atom stereocenters. The van der Waals surface area contributed by atoms with E-state index in [0.717, 1.165) is 0 Å². The minimum Gasteiger partial charge on any atom is -0.288 e. The Labute approximate surface area is 125 Å². The van der Waals surface area contributed by atoms with Crippen molar-refractivity contribution in [3.63, 3.8) is 0 Å². The number of amides is 2. The molecule has 0 aliphatic carbocycles. The monoisotopic (exact) mass is 327 g/mol. The van der Waals surface area contributed by atoms with Crippen molar-refractivity contribution in [1.29, 1.82) is 0 Å². The van der Waals surface area contributed by atoms with Gasteiger partial charge in [0.15, 0.2) is 23.3 Å². The summed E-state index contributed by atoms with van der Waals surface area (Å²) in [5.74, 6) is -11.8. The Morgan fingerprint density at radius 1 is 0.783 bits per heavy atom. The molecule has 8 heteroatoms. The van der Waals surface area contributed by atoms with Crippen molar-refractivity contribution in [2.75, 3.05) is 0 Å². The molecule has 3 rings (SSSR count). The molecule has 118 valence electrons. The standard InChI is InChI=1S/C15H6F5NO2/c16-9-7(10(17)12(19)13(20)11(9)18)4-5-2-1-3-6-8(5)15(23)21-14(6)22/h1-3H,4H2,(H,21,22,23). The van der Waals surface area contributed by atoms with Gasteiger partial charge in [0.05, 0.1) is 11.1 Å². The van der Waals surface area contributed by atoms with Crippen molar-refractivity contribution in [3.8, 4) is 0 Å². The van der Waals surface area contributed by atoms with Gasteiger partial charge < -0.3 is 0 Å². The van der Waals surface area contributed by atoms with Crippen molar-refractivity contribution >= 4 is 11.8 Å². The third-order valence-corrected chi connectivity index (χ3v) is 3.52. The number of halogens is 5. The molecule has 0 saturated carbocycles. The van der Waals surface area contributed by atoms with E-state index in [-0.39, 0.29) is 16.7 Å². The van der Waals surface area contributed by atoms with Gasteiger partial charge in [0.1, 0.15) is 0 Å². The highest BCUT2D eigenvalue weighted by molar-refractivity contribution is 6.22. The number of rotatable bonds is 2. The molecule has 0 bridgehead atoms. The molecular weight excluding hydrogens is 321 g/mol. The van der Waals surface area contributed by atoms with Crippen LogP contribution in [0.3, 0.4) is 0 Å².